The number of nitrogens with zero attached hydrogens (tertiary/aromatic N) is 2. The molecule has 2 aromatic rings. The summed E-state index contributed by atoms with van der Waals surface area (Å²) < 4.78 is 2.16. The van der Waals surface area contributed by atoms with Crippen molar-refractivity contribution in [1.29, 1.82) is 0 Å². The van der Waals surface area contributed by atoms with Crippen molar-refractivity contribution in [2.75, 3.05) is 5.75 Å². The van der Waals surface area contributed by atoms with Gasteiger partial charge in [-0.1, -0.05) is 13.0 Å². The number of rotatable bonds is 3. The third-order valence-corrected chi connectivity index (χ3v) is 3.01. The fourth-order valence-electron chi connectivity index (χ4n) is 1.84. The Kier molecular flexibility index (Phi) is 3.00. The standard InChI is InChI=1S/C12H16N2S/c1-3-9-4-5-11-10(8-9)13-12(6-7-15)14(11)2/h4-5,8,15H,3,6-7H2,1-2H3. The largest absolute Gasteiger partial charge is 0.331 e. The van der Waals surface area contributed by atoms with E-state index in [4.69, 9.17) is 0 Å². The van der Waals surface area contributed by atoms with E-state index in [2.05, 4.69) is 54.4 Å². The summed E-state index contributed by atoms with van der Waals surface area (Å²) in [6, 6.07) is 6.51. The summed E-state index contributed by atoms with van der Waals surface area (Å²) in [5, 5.41) is 0. The van der Waals surface area contributed by atoms with Crippen molar-refractivity contribution in [3.8, 4) is 0 Å². The van der Waals surface area contributed by atoms with E-state index in [1.807, 2.05) is 0 Å². The Labute approximate surface area is 95.7 Å². The highest BCUT2D eigenvalue weighted by molar-refractivity contribution is 7.80. The average molecular weight is 220 g/mol. The molecule has 0 spiro atoms. The minimum absolute atomic E-state index is 0.845. The van der Waals surface area contributed by atoms with Crippen LogP contribution in [0.15, 0.2) is 18.2 Å². The predicted octanol–water partition coefficient (Wildman–Crippen LogP) is 2.61. The average Bonchev–Trinajstić information content (AvgIpc) is 2.56. The summed E-state index contributed by atoms with van der Waals surface area (Å²) in [5.74, 6) is 1.96. The molecule has 0 amide bonds. The molecule has 0 bridgehead atoms. The fourth-order valence-corrected chi connectivity index (χ4v) is 2.04. The molecule has 0 fully saturated rings. The van der Waals surface area contributed by atoms with Gasteiger partial charge in [-0.3, -0.25) is 0 Å². The molecule has 0 aliphatic rings. The van der Waals surface area contributed by atoms with Crippen molar-refractivity contribution in [3.05, 3.63) is 29.6 Å². The minimum Gasteiger partial charge on any atom is -0.331 e. The van der Waals surface area contributed by atoms with Crippen LogP contribution in [0.3, 0.4) is 0 Å². The number of imidazole rings is 1. The van der Waals surface area contributed by atoms with Gasteiger partial charge in [0.25, 0.3) is 0 Å². The molecule has 2 nitrogen and oxygen atoms in total. The highest BCUT2D eigenvalue weighted by Gasteiger charge is 2.06. The van der Waals surface area contributed by atoms with Crippen LogP contribution in [0.4, 0.5) is 0 Å². The zero-order chi connectivity index (χ0) is 10.8. The first-order valence-corrected chi connectivity index (χ1v) is 5.94. The Morgan fingerprint density at radius 3 is 2.87 bits per heavy atom. The molecule has 0 unspecified atom stereocenters. The van der Waals surface area contributed by atoms with Crippen molar-refractivity contribution < 1.29 is 0 Å². The SMILES string of the molecule is CCc1ccc2c(c1)nc(CCS)n2C. The van der Waals surface area contributed by atoms with Gasteiger partial charge in [0.1, 0.15) is 5.82 Å². The van der Waals surface area contributed by atoms with Crippen LogP contribution in [0.5, 0.6) is 0 Å². The first kappa shape index (κ1) is 10.6. The molecular formula is C12H16N2S. The van der Waals surface area contributed by atoms with Gasteiger partial charge in [0, 0.05) is 13.5 Å². The smallest absolute Gasteiger partial charge is 0.110 e. The van der Waals surface area contributed by atoms with Crippen molar-refractivity contribution in [2.24, 2.45) is 7.05 Å². The first-order valence-electron chi connectivity index (χ1n) is 5.31. The third-order valence-electron chi connectivity index (χ3n) is 2.78. The van der Waals surface area contributed by atoms with Gasteiger partial charge in [0.15, 0.2) is 0 Å². The molecule has 80 valence electrons. The van der Waals surface area contributed by atoms with E-state index in [1.165, 1.54) is 11.1 Å². The van der Waals surface area contributed by atoms with Gasteiger partial charge in [-0.15, -0.1) is 0 Å². The summed E-state index contributed by atoms with van der Waals surface area (Å²) >= 11 is 4.25. The molecule has 0 N–H and O–H groups in total. The molecule has 0 saturated carbocycles. The lowest BCUT2D eigenvalue weighted by Gasteiger charge is -1.99. The molecule has 1 heterocycles. The lowest BCUT2D eigenvalue weighted by molar-refractivity contribution is 0.834. The predicted molar refractivity (Wildman–Crippen MR) is 67.6 cm³/mol. The summed E-state index contributed by atoms with van der Waals surface area (Å²) in [6.07, 6.45) is 1.99. The number of thiol groups is 1. The fraction of sp³-hybridized carbons (Fsp3) is 0.417. The Morgan fingerprint density at radius 2 is 2.20 bits per heavy atom. The normalized spacial score (nSPS) is 11.1. The van der Waals surface area contributed by atoms with E-state index in [0.29, 0.717) is 0 Å². The molecule has 2 rings (SSSR count). The number of hydrogen-bond donors (Lipinski definition) is 1. The number of aromatic nitrogens is 2. The van der Waals surface area contributed by atoms with Crippen molar-refractivity contribution >= 4 is 23.7 Å². The monoisotopic (exact) mass is 220 g/mol. The molecule has 0 aliphatic carbocycles. The van der Waals surface area contributed by atoms with Crippen LogP contribution in [-0.2, 0) is 19.9 Å². The molecule has 0 aliphatic heterocycles. The second-order valence-electron chi connectivity index (χ2n) is 3.74. The lowest BCUT2D eigenvalue weighted by Crippen LogP contribution is -1.98. The zero-order valence-electron chi connectivity index (χ0n) is 9.20. The van der Waals surface area contributed by atoms with Crippen molar-refractivity contribution in [3.63, 3.8) is 0 Å². The van der Waals surface area contributed by atoms with Crippen LogP contribution in [0, 0.1) is 0 Å². The van der Waals surface area contributed by atoms with Crippen LogP contribution in [0.25, 0.3) is 11.0 Å². The Hall–Kier alpha value is -0.960. The Bertz CT molecular complexity index is 474. The van der Waals surface area contributed by atoms with E-state index in [9.17, 15) is 0 Å². The number of hydrogen-bond acceptors (Lipinski definition) is 2. The Balaban J connectivity index is 2.55. The van der Waals surface area contributed by atoms with Crippen molar-refractivity contribution in [1.82, 2.24) is 9.55 Å². The van der Waals surface area contributed by atoms with Gasteiger partial charge in [0.05, 0.1) is 11.0 Å². The first-order chi connectivity index (χ1) is 7.26. The number of benzene rings is 1. The molecule has 0 atom stereocenters. The topological polar surface area (TPSA) is 17.8 Å². The maximum Gasteiger partial charge on any atom is 0.110 e. The molecule has 1 aromatic carbocycles. The summed E-state index contributed by atoms with van der Waals surface area (Å²) in [7, 11) is 2.07. The van der Waals surface area contributed by atoms with E-state index in [-0.39, 0.29) is 0 Å². The molecule has 0 saturated heterocycles. The van der Waals surface area contributed by atoms with Gasteiger partial charge < -0.3 is 4.57 Å². The highest BCUT2D eigenvalue weighted by atomic mass is 32.1. The minimum atomic E-state index is 0.845. The van der Waals surface area contributed by atoms with E-state index < -0.39 is 0 Å². The maximum atomic E-state index is 4.62. The van der Waals surface area contributed by atoms with Crippen LogP contribution in [-0.4, -0.2) is 15.3 Å². The van der Waals surface area contributed by atoms with E-state index in [0.717, 1.165) is 29.9 Å². The van der Waals surface area contributed by atoms with E-state index >= 15 is 0 Å². The zero-order valence-corrected chi connectivity index (χ0v) is 10.1. The van der Waals surface area contributed by atoms with Gasteiger partial charge >= 0.3 is 0 Å². The summed E-state index contributed by atoms with van der Waals surface area (Å²) in [4.78, 5) is 4.62. The van der Waals surface area contributed by atoms with Gasteiger partial charge in [-0.25, -0.2) is 4.98 Å². The number of aryl methyl sites for hydroxylation is 3. The molecular weight excluding hydrogens is 204 g/mol. The summed E-state index contributed by atoms with van der Waals surface area (Å²) in [5.41, 5.74) is 3.66. The van der Waals surface area contributed by atoms with E-state index in [1.54, 1.807) is 0 Å². The molecule has 3 heteroatoms. The third kappa shape index (κ3) is 1.88. The van der Waals surface area contributed by atoms with Crippen LogP contribution >= 0.6 is 12.6 Å². The maximum absolute atomic E-state index is 4.62. The van der Waals surface area contributed by atoms with Gasteiger partial charge in [-0.2, -0.15) is 12.6 Å². The molecule has 1 aromatic heterocycles. The van der Waals surface area contributed by atoms with Crippen LogP contribution in [0.1, 0.15) is 18.3 Å². The molecule has 0 radical (unpaired) electrons. The Morgan fingerprint density at radius 1 is 1.40 bits per heavy atom. The van der Waals surface area contributed by atoms with Crippen LogP contribution < -0.4 is 0 Å². The van der Waals surface area contributed by atoms with Gasteiger partial charge in [-0.05, 0) is 29.9 Å². The second-order valence-corrected chi connectivity index (χ2v) is 4.18. The quantitative estimate of drug-likeness (QED) is 0.787. The van der Waals surface area contributed by atoms with Crippen molar-refractivity contribution in [2.45, 2.75) is 19.8 Å². The second kappa shape index (κ2) is 4.27. The molecule has 15 heavy (non-hydrogen) atoms. The number of fused-ring (bicyclic) bond motifs is 1. The highest BCUT2D eigenvalue weighted by Crippen LogP contribution is 2.17. The van der Waals surface area contributed by atoms with Crippen LogP contribution in [0.2, 0.25) is 0 Å². The van der Waals surface area contributed by atoms with Gasteiger partial charge in [0.2, 0.25) is 0 Å². The lowest BCUT2D eigenvalue weighted by atomic mass is 10.1. The summed E-state index contributed by atoms with van der Waals surface area (Å²) in [6.45, 7) is 2.17.